The SMILES string of the molecule is C=CC(=O)OC(=O)C=C.P.c1ccc(-c2ccccc2)cc1. The summed E-state index contributed by atoms with van der Waals surface area (Å²) in [7, 11) is 0. The van der Waals surface area contributed by atoms with E-state index in [2.05, 4.69) is 66.4 Å². The van der Waals surface area contributed by atoms with E-state index in [1.165, 1.54) is 11.1 Å². The van der Waals surface area contributed by atoms with Crippen LogP contribution >= 0.6 is 9.90 Å². The van der Waals surface area contributed by atoms with Crippen molar-refractivity contribution in [3.05, 3.63) is 86.0 Å². The summed E-state index contributed by atoms with van der Waals surface area (Å²) < 4.78 is 4.03. The summed E-state index contributed by atoms with van der Waals surface area (Å²) in [6.45, 7) is 6.17. The van der Waals surface area contributed by atoms with Gasteiger partial charge in [0, 0.05) is 12.2 Å². The lowest BCUT2D eigenvalue weighted by Gasteiger charge is -1.98. The van der Waals surface area contributed by atoms with Crippen molar-refractivity contribution in [2.24, 2.45) is 0 Å². The topological polar surface area (TPSA) is 43.4 Å². The van der Waals surface area contributed by atoms with Gasteiger partial charge in [-0.3, -0.25) is 0 Å². The van der Waals surface area contributed by atoms with Crippen LogP contribution in [0, 0.1) is 0 Å². The quantitative estimate of drug-likeness (QED) is 0.374. The number of carbonyl (C=O) groups excluding carboxylic acids is 2. The van der Waals surface area contributed by atoms with Crippen LogP contribution in [0.5, 0.6) is 0 Å². The maximum absolute atomic E-state index is 10.2. The van der Waals surface area contributed by atoms with E-state index in [0.29, 0.717) is 0 Å². The molecule has 0 amide bonds. The molecule has 2 aromatic rings. The van der Waals surface area contributed by atoms with Crippen LogP contribution in [0.4, 0.5) is 0 Å². The van der Waals surface area contributed by atoms with E-state index < -0.39 is 11.9 Å². The van der Waals surface area contributed by atoms with E-state index in [1.54, 1.807) is 0 Å². The molecule has 4 heteroatoms. The molecule has 2 aromatic carbocycles. The number of hydrogen-bond donors (Lipinski definition) is 0. The number of carbonyl (C=O) groups is 2. The highest BCUT2D eigenvalue weighted by atomic mass is 31.0. The third kappa shape index (κ3) is 7.32. The van der Waals surface area contributed by atoms with Crippen LogP contribution in [0.2, 0.25) is 0 Å². The molecule has 114 valence electrons. The monoisotopic (exact) mass is 314 g/mol. The van der Waals surface area contributed by atoms with Crippen molar-refractivity contribution in [1.29, 1.82) is 0 Å². The summed E-state index contributed by atoms with van der Waals surface area (Å²) in [5, 5.41) is 0. The molecule has 0 aliphatic rings. The minimum Gasteiger partial charge on any atom is -0.387 e. The van der Waals surface area contributed by atoms with Crippen LogP contribution in [-0.4, -0.2) is 11.9 Å². The standard InChI is InChI=1S/C12H10.C6H6O3.H3P/c1-3-7-11(8-4-1)12-9-5-2-6-10-12;1-3-5(7)9-6(8)4-2;/h1-10H;3-4H,1-2H2;1H3. The summed E-state index contributed by atoms with van der Waals surface area (Å²) in [6.07, 6.45) is 1.81. The van der Waals surface area contributed by atoms with Crippen molar-refractivity contribution in [3.8, 4) is 11.1 Å². The van der Waals surface area contributed by atoms with E-state index in [-0.39, 0.29) is 9.90 Å². The lowest BCUT2D eigenvalue weighted by Crippen LogP contribution is -2.05. The van der Waals surface area contributed by atoms with Crippen molar-refractivity contribution in [2.45, 2.75) is 0 Å². The Morgan fingerprint density at radius 1 is 0.727 bits per heavy atom. The minimum atomic E-state index is -0.764. The van der Waals surface area contributed by atoms with Gasteiger partial charge in [0.25, 0.3) is 0 Å². The maximum Gasteiger partial charge on any atom is 0.338 e. The number of rotatable bonds is 3. The van der Waals surface area contributed by atoms with Gasteiger partial charge in [0.15, 0.2) is 0 Å². The summed E-state index contributed by atoms with van der Waals surface area (Å²) in [5.74, 6) is -1.53. The molecule has 0 bridgehead atoms. The van der Waals surface area contributed by atoms with Crippen molar-refractivity contribution in [3.63, 3.8) is 0 Å². The van der Waals surface area contributed by atoms with Crippen LogP contribution in [0.25, 0.3) is 11.1 Å². The lowest BCUT2D eigenvalue weighted by molar-refractivity contribution is -0.152. The number of benzene rings is 2. The molecule has 0 saturated heterocycles. The smallest absolute Gasteiger partial charge is 0.338 e. The van der Waals surface area contributed by atoms with Crippen molar-refractivity contribution in [2.75, 3.05) is 0 Å². The third-order valence-electron chi connectivity index (χ3n) is 2.42. The van der Waals surface area contributed by atoms with Crippen LogP contribution < -0.4 is 0 Å². The predicted molar refractivity (Wildman–Crippen MR) is 94.5 cm³/mol. The molecule has 22 heavy (non-hydrogen) atoms. The van der Waals surface area contributed by atoms with E-state index in [1.807, 2.05) is 12.1 Å². The van der Waals surface area contributed by atoms with Crippen molar-refractivity contribution in [1.82, 2.24) is 0 Å². The van der Waals surface area contributed by atoms with Crippen LogP contribution in [0.15, 0.2) is 86.0 Å². The summed E-state index contributed by atoms with van der Waals surface area (Å²) in [6, 6.07) is 20.8. The highest BCUT2D eigenvalue weighted by Crippen LogP contribution is 2.17. The fraction of sp³-hybridized carbons (Fsp3) is 0. The van der Waals surface area contributed by atoms with Crippen LogP contribution in [0.3, 0.4) is 0 Å². The third-order valence-corrected chi connectivity index (χ3v) is 2.42. The Labute approximate surface area is 133 Å². The van der Waals surface area contributed by atoms with Gasteiger partial charge in [-0.05, 0) is 11.1 Å². The summed E-state index contributed by atoms with van der Waals surface area (Å²) in [5.41, 5.74) is 2.55. The number of esters is 2. The van der Waals surface area contributed by atoms with E-state index in [0.717, 1.165) is 12.2 Å². The average molecular weight is 314 g/mol. The fourth-order valence-electron chi connectivity index (χ4n) is 1.44. The van der Waals surface area contributed by atoms with E-state index >= 15 is 0 Å². The maximum atomic E-state index is 10.2. The molecule has 1 atom stereocenters. The molecule has 0 radical (unpaired) electrons. The average Bonchev–Trinajstić information content (AvgIpc) is 2.56. The van der Waals surface area contributed by atoms with E-state index in [4.69, 9.17) is 0 Å². The molecule has 0 aliphatic heterocycles. The zero-order chi connectivity index (χ0) is 15.5. The Morgan fingerprint density at radius 3 is 1.32 bits per heavy atom. The molecule has 0 aromatic heterocycles. The van der Waals surface area contributed by atoms with Gasteiger partial charge in [-0.15, -0.1) is 0 Å². The summed E-state index contributed by atoms with van der Waals surface area (Å²) in [4.78, 5) is 20.3. The minimum absolute atomic E-state index is 0. The molecule has 2 rings (SSSR count). The van der Waals surface area contributed by atoms with Gasteiger partial charge in [-0.1, -0.05) is 73.8 Å². The van der Waals surface area contributed by atoms with Gasteiger partial charge < -0.3 is 4.74 Å². The molecule has 1 unspecified atom stereocenters. The first kappa shape index (κ1) is 19.5. The molecular formula is C18H19O3P. The van der Waals surface area contributed by atoms with Crippen LogP contribution in [-0.2, 0) is 14.3 Å². The largest absolute Gasteiger partial charge is 0.387 e. The molecule has 0 spiro atoms. The molecule has 0 aliphatic carbocycles. The van der Waals surface area contributed by atoms with E-state index in [9.17, 15) is 9.59 Å². The Kier molecular flexibility index (Phi) is 9.91. The molecular weight excluding hydrogens is 295 g/mol. The Bertz CT molecular complexity index is 551. The zero-order valence-electron chi connectivity index (χ0n) is 12.3. The van der Waals surface area contributed by atoms with Gasteiger partial charge in [0.1, 0.15) is 0 Å². The van der Waals surface area contributed by atoms with Crippen molar-refractivity contribution >= 4 is 21.8 Å². The molecule has 0 N–H and O–H groups in total. The first-order valence-electron chi connectivity index (χ1n) is 6.28. The molecule has 3 nitrogen and oxygen atoms in total. The lowest BCUT2D eigenvalue weighted by atomic mass is 10.1. The van der Waals surface area contributed by atoms with Crippen molar-refractivity contribution < 1.29 is 14.3 Å². The Balaban J connectivity index is 0.000000402. The number of ether oxygens (including phenoxy) is 1. The second-order valence-corrected chi connectivity index (χ2v) is 3.88. The van der Waals surface area contributed by atoms with Crippen LogP contribution in [0.1, 0.15) is 0 Å². The highest BCUT2D eigenvalue weighted by molar-refractivity contribution is 6.92. The molecule has 0 saturated carbocycles. The second-order valence-electron chi connectivity index (χ2n) is 3.88. The predicted octanol–water partition coefficient (Wildman–Crippen LogP) is 3.84. The Morgan fingerprint density at radius 2 is 1.05 bits per heavy atom. The Hall–Kier alpha value is -2.51. The fourth-order valence-corrected chi connectivity index (χ4v) is 1.44. The van der Waals surface area contributed by atoms with Gasteiger partial charge in [0.2, 0.25) is 0 Å². The first-order valence-corrected chi connectivity index (χ1v) is 6.28. The molecule has 0 heterocycles. The summed E-state index contributed by atoms with van der Waals surface area (Å²) >= 11 is 0. The van der Waals surface area contributed by atoms with Gasteiger partial charge in [-0.25, -0.2) is 9.59 Å². The van der Waals surface area contributed by atoms with Gasteiger partial charge in [-0.2, -0.15) is 9.90 Å². The zero-order valence-corrected chi connectivity index (χ0v) is 13.7. The number of hydrogen-bond acceptors (Lipinski definition) is 3. The second kappa shape index (κ2) is 11.2. The normalized spacial score (nSPS) is 8.36. The van der Waals surface area contributed by atoms with Gasteiger partial charge >= 0.3 is 11.9 Å². The first-order chi connectivity index (χ1) is 10.2. The molecule has 0 fully saturated rings. The van der Waals surface area contributed by atoms with Gasteiger partial charge in [0.05, 0.1) is 0 Å². The highest BCUT2D eigenvalue weighted by Gasteiger charge is 1.99.